The number of hydrogen-bond acceptors (Lipinski definition) is 1. The molecule has 1 nitrogen and oxygen atoms in total. The lowest BCUT2D eigenvalue weighted by molar-refractivity contribution is 0.592. The maximum atomic E-state index is 4.59. The number of fused-ring (bicyclic) bond motifs is 1. The Morgan fingerprint density at radius 3 is 2.54 bits per heavy atom. The van der Waals surface area contributed by atoms with Crippen molar-refractivity contribution in [3.63, 3.8) is 0 Å². The quantitative estimate of drug-likeness (QED) is 0.572. The van der Waals surface area contributed by atoms with Gasteiger partial charge < -0.3 is 0 Å². The SMILES string of the molecule is CC(C)(C)C1=NCc2ccccc21. The van der Waals surface area contributed by atoms with Crippen LogP contribution in [-0.2, 0) is 6.54 Å². The molecular weight excluding hydrogens is 158 g/mol. The van der Waals surface area contributed by atoms with E-state index in [1.807, 2.05) is 0 Å². The van der Waals surface area contributed by atoms with E-state index >= 15 is 0 Å². The molecule has 0 amide bonds. The summed E-state index contributed by atoms with van der Waals surface area (Å²) in [6.07, 6.45) is 0. The molecule has 1 aromatic carbocycles. The average Bonchev–Trinajstić information content (AvgIpc) is 2.45. The Morgan fingerprint density at radius 2 is 1.85 bits per heavy atom. The Balaban J connectivity index is 2.48. The van der Waals surface area contributed by atoms with Crippen LogP contribution in [0.5, 0.6) is 0 Å². The zero-order valence-electron chi connectivity index (χ0n) is 8.46. The molecule has 1 heterocycles. The molecule has 0 atom stereocenters. The number of rotatable bonds is 0. The van der Waals surface area contributed by atoms with Crippen LogP contribution in [0.1, 0.15) is 31.9 Å². The Kier molecular flexibility index (Phi) is 1.76. The van der Waals surface area contributed by atoms with Crippen LogP contribution in [-0.4, -0.2) is 5.71 Å². The highest BCUT2D eigenvalue weighted by Gasteiger charge is 2.25. The van der Waals surface area contributed by atoms with Crippen molar-refractivity contribution >= 4 is 5.71 Å². The summed E-state index contributed by atoms with van der Waals surface area (Å²) in [5.74, 6) is 0. The molecular formula is C12H15N. The third-order valence-corrected chi connectivity index (χ3v) is 2.39. The molecule has 0 spiro atoms. The van der Waals surface area contributed by atoms with Crippen LogP contribution in [0.3, 0.4) is 0 Å². The van der Waals surface area contributed by atoms with Gasteiger partial charge in [0.25, 0.3) is 0 Å². The fraction of sp³-hybridized carbons (Fsp3) is 0.417. The molecule has 0 aromatic heterocycles. The van der Waals surface area contributed by atoms with Crippen molar-refractivity contribution in [3.8, 4) is 0 Å². The van der Waals surface area contributed by atoms with Crippen LogP contribution in [0.2, 0.25) is 0 Å². The predicted molar refractivity (Wildman–Crippen MR) is 56.1 cm³/mol. The van der Waals surface area contributed by atoms with Gasteiger partial charge in [-0.05, 0) is 5.56 Å². The average molecular weight is 173 g/mol. The summed E-state index contributed by atoms with van der Waals surface area (Å²) in [6.45, 7) is 7.51. The molecule has 0 unspecified atom stereocenters. The van der Waals surface area contributed by atoms with E-state index in [2.05, 4.69) is 50.0 Å². The van der Waals surface area contributed by atoms with Crippen molar-refractivity contribution < 1.29 is 0 Å². The van der Waals surface area contributed by atoms with E-state index in [1.54, 1.807) is 0 Å². The molecule has 68 valence electrons. The molecule has 1 heteroatoms. The number of aliphatic imine (C=N–C) groups is 1. The fourth-order valence-corrected chi connectivity index (χ4v) is 1.78. The lowest BCUT2D eigenvalue weighted by Gasteiger charge is -2.19. The number of hydrogen-bond donors (Lipinski definition) is 0. The van der Waals surface area contributed by atoms with Gasteiger partial charge in [0.15, 0.2) is 0 Å². The van der Waals surface area contributed by atoms with Gasteiger partial charge >= 0.3 is 0 Å². The zero-order chi connectivity index (χ0) is 9.47. The van der Waals surface area contributed by atoms with Gasteiger partial charge in [-0.3, -0.25) is 4.99 Å². The Hall–Kier alpha value is -1.11. The van der Waals surface area contributed by atoms with Gasteiger partial charge in [-0.15, -0.1) is 0 Å². The minimum atomic E-state index is 0.173. The van der Waals surface area contributed by atoms with Gasteiger partial charge in [0.05, 0.1) is 6.54 Å². The Bertz CT molecular complexity index is 356. The van der Waals surface area contributed by atoms with E-state index in [-0.39, 0.29) is 5.41 Å². The van der Waals surface area contributed by atoms with Gasteiger partial charge in [-0.2, -0.15) is 0 Å². The van der Waals surface area contributed by atoms with E-state index in [0.717, 1.165) is 6.54 Å². The molecule has 0 N–H and O–H groups in total. The molecule has 0 aliphatic carbocycles. The normalized spacial score (nSPS) is 15.5. The highest BCUT2D eigenvalue weighted by atomic mass is 14.8. The predicted octanol–water partition coefficient (Wildman–Crippen LogP) is 3.04. The maximum Gasteiger partial charge on any atom is 0.0650 e. The molecule has 0 bridgehead atoms. The summed E-state index contributed by atoms with van der Waals surface area (Å²) in [5.41, 5.74) is 4.14. The van der Waals surface area contributed by atoms with Crippen LogP contribution in [0.15, 0.2) is 29.3 Å². The first-order valence-electron chi connectivity index (χ1n) is 4.72. The van der Waals surface area contributed by atoms with Crippen molar-refractivity contribution in [2.24, 2.45) is 10.4 Å². The van der Waals surface area contributed by atoms with Crippen LogP contribution in [0, 0.1) is 5.41 Å². The van der Waals surface area contributed by atoms with Crippen molar-refractivity contribution in [1.29, 1.82) is 0 Å². The summed E-state index contributed by atoms with van der Waals surface area (Å²) < 4.78 is 0. The van der Waals surface area contributed by atoms with E-state index < -0.39 is 0 Å². The third-order valence-electron chi connectivity index (χ3n) is 2.39. The van der Waals surface area contributed by atoms with Crippen molar-refractivity contribution in [2.75, 3.05) is 0 Å². The first kappa shape index (κ1) is 8.49. The van der Waals surface area contributed by atoms with Crippen LogP contribution < -0.4 is 0 Å². The maximum absolute atomic E-state index is 4.59. The van der Waals surface area contributed by atoms with Crippen LogP contribution in [0.25, 0.3) is 0 Å². The lowest BCUT2D eigenvalue weighted by atomic mass is 9.85. The minimum absolute atomic E-state index is 0.173. The van der Waals surface area contributed by atoms with E-state index in [4.69, 9.17) is 0 Å². The first-order valence-corrected chi connectivity index (χ1v) is 4.72. The highest BCUT2D eigenvalue weighted by molar-refractivity contribution is 6.06. The van der Waals surface area contributed by atoms with Crippen molar-refractivity contribution in [3.05, 3.63) is 35.4 Å². The number of nitrogens with zero attached hydrogens (tertiary/aromatic N) is 1. The Labute approximate surface area is 79.5 Å². The summed E-state index contributed by atoms with van der Waals surface area (Å²) in [7, 11) is 0. The molecule has 1 aromatic rings. The van der Waals surface area contributed by atoms with Gasteiger partial charge in [-0.1, -0.05) is 45.0 Å². The van der Waals surface area contributed by atoms with Gasteiger partial charge in [-0.25, -0.2) is 0 Å². The second-order valence-electron chi connectivity index (χ2n) is 4.57. The van der Waals surface area contributed by atoms with Gasteiger partial charge in [0, 0.05) is 16.7 Å². The topological polar surface area (TPSA) is 12.4 Å². The summed E-state index contributed by atoms with van der Waals surface area (Å²) in [4.78, 5) is 4.59. The lowest BCUT2D eigenvalue weighted by Crippen LogP contribution is -2.19. The molecule has 1 aliphatic heterocycles. The second kappa shape index (κ2) is 2.69. The summed E-state index contributed by atoms with van der Waals surface area (Å²) >= 11 is 0. The second-order valence-corrected chi connectivity index (χ2v) is 4.57. The molecule has 13 heavy (non-hydrogen) atoms. The zero-order valence-corrected chi connectivity index (χ0v) is 8.46. The monoisotopic (exact) mass is 173 g/mol. The summed E-state index contributed by atoms with van der Waals surface area (Å²) in [5, 5.41) is 0. The number of benzene rings is 1. The third kappa shape index (κ3) is 1.39. The van der Waals surface area contributed by atoms with Gasteiger partial charge in [0.1, 0.15) is 0 Å². The van der Waals surface area contributed by atoms with E-state index in [9.17, 15) is 0 Å². The molecule has 0 fully saturated rings. The van der Waals surface area contributed by atoms with Crippen LogP contribution in [0.4, 0.5) is 0 Å². The minimum Gasteiger partial charge on any atom is -0.284 e. The van der Waals surface area contributed by atoms with Crippen molar-refractivity contribution in [1.82, 2.24) is 0 Å². The van der Waals surface area contributed by atoms with Crippen molar-refractivity contribution in [2.45, 2.75) is 27.3 Å². The van der Waals surface area contributed by atoms with E-state index in [0.29, 0.717) is 0 Å². The molecule has 0 saturated heterocycles. The van der Waals surface area contributed by atoms with E-state index in [1.165, 1.54) is 16.8 Å². The van der Waals surface area contributed by atoms with Gasteiger partial charge in [0.2, 0.25) is 0 Å². The molecule has 2 rings (SSSR count). The largest absolute Gasteiger partial charge is 0.284 e. The molecule has 1 aliphatic rings. The Morgan fingerprint density at radius 1 is 1.15 bits per heavy atom. The van der Waals surface area contributed by atoms with Crippen LogP contribution >= 0.6 is 0 Å². The standard InChI is InChI=1S/C12H15N/c1-12(2,3)11-10-7-5-4-6-9(10)8-13-11/h4-7H,8H2,1-3H3. The first-order chi connectivity index (χ1) is 6.09. The molecule has 0 radical (unpaired) electrons. The smallest absolute Gasteiger partial charge is 0.0650 e. The molecule has 0 saturated carbocycles. The summed E-state index contributed by atoms with van der Waals surface area (Å²) in [6, 6.07) is 8.51. The fourth-order valence-electron chi connectivity index (χ4n) is 1.78. The highest BCUT2D eigenvalue weighted by Crippen LogP contribution is 2.29.